The van der Waals surface area contributed by atoms with E-state index >= 15 is 0 Å². The van der Waals surface area contributed by atoms with Crippen LogP contribution in [0.25, 0.3) is 0 Å². The second kappa shape index (κ2) is 12.9. The van der Waals surface area contributed by atoms with Crippen molar-refractivity contribution in [3.8, 4) is 0 Å². The summed E-state index contributed by atoms with van der Waals surface area (Å²) in [6.45, 7) is 5.98. The van der Waals surface area contributed by atoms with Crippen molar-refractivity contribution in [3.63, 3.8) is 0 Å². The molecule has 0 spiro atoms. The van der Waals surface area contributed by atoms with Crippen molar-refractivity contribution in [2.24, 2.45) is 0 Å². The fraction of sp³-hybridized carbons (Fsp3) is 0.286. The Morgan fingerprint density at radius 1 is 0.951 bits per heavy atom. The number of carbonyl (C=O) groups excluding carboxylic acids is 2. The minimum atomic E-state index is -4.32. The molecule has 3 rings (SSSR count). The van der Waals surface area contributed by atoms with Gasteiger partial charge in [-0.05, 0) is 64.1 Å². The molecular formula is C28H30Cl2N4O6S. The summed E-state index contributed by atoms with van der Waals surface area (Å²) in [6.07, 6.45) is 0. The van der Waals surface area contributed by atoms with Crippen LogP contribution in [0.1, 0.15) is 33.3 Å². The van der Waals surface area contributed by atoms with Gasteiger partial charge in [0.05, 0.1) is 15.5 Å². The number of amides is 2. The maximum atomic E-state index is 14.0. The molecule has 0 aromatic heterocycles. The molecule has 3 aromatic carbocycles. The number of carbonyl (C=O) groups is 2. The van der Waals surface area contributed by atoms with Gasteiger partial charge in [-0.2, -0.15) is 0 Å². The van der Waals surface area contributed by atoms with Crippen molar-refractivity contribution in [1.82, 2.24) is 10.2 Å². The van der Waals surface area contributed by atoms with E-state index in [0.29, 0.717) is 5.56 Å². The number of nitro benzene ring substituents is 1. The molecule has 0 fully saturated rings. The first-order valence-electron chi connectivity index (χ1n) is 12.5. The molecule has 0 aliphatic rings. The first kappa shape index (κ1) is 31.9. The van der Waals surface area contributed by atoms with Gasteiger partial charge in [-0.25, -0.2) is 8.42 Å². The van der Waals surface area contributed by atoms with Crippen LogP contribution in [0.4, 0.5) is 11.4 Å². The van der Waals surface area contributed by atoms with Gasteiger partial charge in [-0.3, -0.25) is 24.0 Å². The number of sulfonamides is 1. The van der Waals surface area contributed by atoms with Gasteiger partial charge in [-0.15, -0.1) is 0 Å². The molecule has 0 heterocycles. The van der Waals surface area contributed by atoms with Crippen molar-refractivity contribution >= 4 is 56.4 Å². The summed E-state index contributed by atoms with van der Waals surface area (Å²) in [4.78, 5) is 38.8. The number of halogens is 2. The highest BCUT2D eigenvalue weighted by molar-refractivity contribution is 7.92. The highest BCUT2D eigenvalue weighted by Gasteiger charge is 2.34. The molecule has 0 bridgehead atoms. The molecule has 0 radical (unpaired) electrons. The lowest BCUT2D eigenvalue weighted by Crippen LogP contribution is -2.54. The molecule has 3 aromatic rings. The summed E-state index contributed by atoms with van der Waals surface area (Å²) in [5.74, 6) is -1.20. The molecule has 1 atom stereocenters. The molecular weight excluding hydrogens is 591 g/mol. The summed E-state index contributed by atoms with van der Waals surface area (Å²) in [5, 5.41) is 14.6. The zero-order chi connectivity index (χ0) is 30.5. The van der Waals surface area contributed by atoms with E-state index in [1.165, 1.54) is 48.2 Å². The summed E-state index contributed by atoms with van der Waals surface area (Å²) in [6, 6.07) is 16.0. The maximum absolute atomic E-state index is 14.0. The lowest BCUT2D eigenvalue weighted by molar-refractivity contribution is -0.384. The van der Waals surface area contributed by atoms with Crippen LogP contribution in [-0.2, 0) is 26.2 Å². The monoisotopic (exact) mass is 620 g/mol. The molecule has 10 nitrogen and oxygen atoms in total. The maximum Gasteiger partial charge on any atom is 0.269 e. The van der Waals surface area contributed by atoms with Crippen LogP contribution in [0, 0.1) is 10.1 Å². The Kier molecular flexibility index (Phi) is 10.0. The first-order chi connectivity index (χ1) is 19.1. The number of anilines is 1. The van der Waals surface area contributed by atoms with E-state index in [4.69, 9.17) is 23.2 Å². The topological polar surface area (TPSA) is 130 Å². The quantitative estimate of drug-likeness (QED) is 0.238. The van der Waals surface area contributed by atoms with Crippen molar-refractivity contribution in [3.05, 3.63) is 98.5 Å². The third-order valence-corrected chi connectivity index (χ3v) is 8.51. The average molecular weight is 622 g/mol. The van der Waals surface area contributed by atoms with E-state index in [9.17, 15) is 28.1 Å². The number of nitro groups is 1. The number of rotatable bonds is 10. The van der Waals surface area contributed by atoms with E-state index in [1.807, 2.05) is 0 Å². The smallest absolute Gasteiger partial charge is 0.269 e. The van der Waals surface area contributed by atoms with E-state index in [1.54, 1.807) is 45.0 Å². The molecule has 1 unspecified atom stereocenters. The number of hydrogen-bond donors (Lipinski definition) is 1. The summed E-state index contributed by atoms with van der Waals surface area (Å²) >= 11 is 12.8. The third kappa shape index (κ3) is 7.96. The van der Waals surface area contributed by atoms with Crippen LogP contribution in [0.3, 0.4) is 0 Å². The molecule has 13 heteroatoms. The molecule has 0 saturated carbocycles. The first-order valence-corrected chi connectivity index (χ1v) is 14.7. The minimum Gasteiger partial charge on any atom is -0.350 e. The van der Waals surface area contributed by atoms with Gasteiger partial charge < -0.3 is 10.2 Å². The van der Waals surface area contributed by atoms with Gasteiger partial charge in [0.2, 0.25) is 11.8 Å². The van der Waals surface area contributed by atoms with Crippen LogP contribution < -0.4 is 9.62 Å². The van der Waals surface area contributed by atoms with Crippen LogP contribution in [0.2, 0.25) is 10.0 Å². The predicted molar refractivity (Wildman–Crippen MR) is 158 cm³/mol. The highest BCUT2D eigenvalue weighted by Crippen LogP contribution is 2.29. The Morgan fingerprint density at radius 3 is 2.02 bits per heavy atom. The SMILES string of the molecule is CC(C(=O)NC(C)(C)C)N(Cc1c(Cl)cccc1Cl)C(=O)CN(c1ccc([N+](=O)[O-])cc1)S(=O)(=O)c1ccccc1. The van der Waals surface area contributed by atoms with Crippen molar-refractivity contribution in [1.29, 1.82) is 0 Å². The van der Waals surface area contributed by atoms with Gasteiger partial charge in [0.1, 0.15) is 12.6 Å². The van der Waals surface area contributed by atoms with Gasteiger partial charge in [0, 0.05) is 39.8 Å². The van der Waals surface area contributed by atoms with Crippen LogP contribution in [0.5, 0.6) is 0 Å². The predicted octanol–water partition coefficient (Wildman–Crippen LogP) is 5.43. The Hall–Kier alpha value is -3.67. The third-order valence-electron chi connectivity index (χ3n) is 6.01. The largest absolute Gasteiger partial charge is 0.350 e. The van der Waals surface area contributed by atoms with Crippen LogP contribution in [-0.4, -0.2) is 48.2 Å². The zero-order valence-corrected chi connectivity index (χ0v) is 25.2. The number of nitrogens with zero attached hydrogens (tertiary/aromatic N) is 3. The standard InChI is InChI=1S/C28H30Cl2N4O6S/c1-19(27(36)31-28(2,3)4)32(17-23-24(29)11-8-12-25(23)30)26(35)18-33(20-13-15-21(16-14-20)34(37)38)41(39,40)22-9-6-5-7-10-22/h5-16,19H,17-18H2,1-4H3,(H,31,36). The Labute approximate surface area is 249 Å². The van der Waals surface area contributed by atoms with Crippen molar-refractivity contribution in [2.45, 2.75) is 50.7 Å². The number of non-ortho nitro benzene ring substituents is 1. The van der Waals surface area contributed by atoms with Gasteiger partial charge in [0.15, 0.2) is 0 Å². The second-order valence-electron chi connectivity index (χ2n) is 10.2. The number of benzene rings is 3. The van der Waals surface area contributed by atoms with E-state index in [-0.39, 0.29) is 32.9 Å². The fourth-order valence-corrected chi connectivity index (χ4v) is 5.85. The highest BCUT2D eigenvalue weighted by atomic mass is 35.5. The summed E-state index contributed by atoms with van der Waals surface area (Å²) in [5.41, 5.74) is -0.453. The summed E-state index contributed by atoms with van der Waals surface area (Å²) < 4.78 is 28.4. The second-order valence-corrected chi connectivity index (χ2v) is 12.9. The van der Waals surface area contributed by atoms with Gasteiger partial charge in [0.25, 0.3) is 15.7 Å². The van der Waals surface area contributed by atoms with Crippen molar-refractivity contribution in [2.75, 3.05) is 10.8 Å². The Morgan fingerprint density at radius 2 is 1.51 bits per heavy atom. The minimum absolute atomic E-state index is 0.0234. The Balaban J connectivity index is 2.09. The van der Waals surface area contributed by atoms with E-state index < -0.39 is 44.9 Å². The fourth-order valence-electron chi connectivity index (χ4n) is 3.90. The molecule has 1 N–H and O–H groups in total. The van der Waals surface area contributed by atoms with Crippen molar-refractivity contribution < 1.29 is 22.9 Å². The number of nitrogens with one attached hydrogen (secondary N) is 1. The average Bonchev–Trinajstić information content (AvgIpc) is 2.90. The molecule has 2 amide bonds. The molecule has 0 aliphatic carbocycles. The molecule has 41 heavy (non-hydrogen) atoms. The molecule has 0 aliphatic heterocycles. The van der Waals surface area contributed by atoms with Gasteiger partial charge in [-0.1, -0.05) is 47.5 Å². The number of hydrogen-bond acceptors (Lipinski definition) is 6. The van der Waals surface area contributed by atoms with E-state index in [2.05, 4.69) is 5.32 Å². The zero-order valence-electron chi connectivity index (χ0n) is 22.9. The van der Waals surface area contributed by atoms with Crippen LogP contribution >= 0.6 is 23.2 Å². The van der Waals surface area contributed by atoms with Crippen LogP contribution in [0.15, 0.2) is 77.7 Å². The molecule has 0 saturated heterocycles. The van der Waals surface area contributed by atoms with Gasteiger partial charge >= 0.3 is 0 Å². The lowest BCUT2D eigenvalue weighted by atomic mass is 10.1. The molecule has 218 valence electrons. The lowest BCUT2D eigenvalue weighted by Gasteiger charge is -2.33. The Bertz CT molecular complexity index is 1510. The normalized spacial score (nSPS) is 12.3. The van der Waals surface area contributed by atoms with E-state index in [0.717, 1.165) is 16.4 Å². The summed E-state index contributed by atoms with van der Waals surface area (Å²) in [7, 11) is -4.32.